The minimum atomic E-state index is 0.551. The van der Waals surface area contributed by atoms with Crippen LogP contribution in [0, 0.1) is 6.07 Å². The number of rotatable bonds is 5. The number of hydrogen-bond donors (Lipinski definition) is 0. The second kappa shape index (κ2) is 6.99. The summed E-state index contributed by atoms with van der Waals surface area (Å²) in [5.74, 6) is 0.551. The van der Waals surface area contributed by atoms with Gasteiger partial charge in [-0.2, -0.15) is 0 Å². The molecular formula is C19H23S. The van der Waals surface area contributed by atoms with Gasteiger partial charge in [-0.25, -0.2) is 0 Å². The first-order valence-electron chi connectivity index (χ1n) is 7.32. The smallest absolute Gasteiger partial charge is 0.0192 e. The van der Waals surface area contributed by atoms with Gasteiger partial charge in [0.1, 0.15) is 0 Å². The average Bonchev–Trinajstić information content (AvgIpc) is 2.41. The molecule has 1 heteroatoms. The third kappa shape index (κ3) is 3.89. The lowest BCUT2D eigenvalue weighted by molar-refractivity contribution is 0.838. The number of hydrogen-bond acceptors (Lipinski definition) is 1. The topological polar surface area (TPSA) is 0 Å². The second-order valence-corrected chi connectivity index (χ2v) is 7.31. The maximum absolute atomic E-state index is 3.45. The van der Waals surface area contributed by atoms with Crippen molar-refractivity contribution in [3.63, 3.8) is 0 Å². The summed E-state index contributed by atoms with van der Waals surface area (Å²) >= 11 is 1.92. The second-order valence-electron chi connectivity index (χ2n) is 5.72. The Labute approximate surface area is 127 Å². The molecule has 0 unspecified atom stereocenters. The molecule has 2 rings (SSSR count). The number of thioether (sulfide) groups is 1. The van der Waals surface area contributed by atoms with E-state index in [0.717, 1.165) is 6.42 Å². The van der Waals surface area contributed by atoms with Crippen LogP contribution < -0.4 is 0 Å². The van der Waals surface area contributed by atoms with Crippen molar-refractivity contribution in [2.45, 2.75) is 50.2 Å². The highest BCUT2D eigenvalue weighted by atomic mass is 32.2. The van der Waals surface area contributed by atoms with E-state index in [1.54, 1.807) is 0 Å². The van der Waals surface area contributed by atoms with Crippen molar-refractivity contribution in [3.05, 3.63) is 65.2 Å². The van der Waals surface area contributed by atoms with Crippen LogP contribution in [0.1, 0.15) is 50.3 Å². The summed E-state index contributed by atoms with van der Waals surface area (Å²) in [7, 11) is 0. The maximum atomic E-state index is 3.45. The standard InChI is InChI=1S/C19H23S/c1-14(2)17-11-8-12-19(20-15(3)4)18(17)13-16-9-6-5-7-10-16/h5-11,14-15H,13H2,1-4H3. The van der Waals surface area contributed by atoms with E-state index in [1.807, 2.05) is 11.8 Å². The van der Waals surface area contributed by atoms with Gasteiger partial charge in [-0.15, -0.1) is 11.8 Å². The Morgan fingerprint density at radius 2 is 1.70 bits per heavy atom. The minimum absolute atomic E-state index is 0.551. The van der Waals surface area contributed by atoms with Crippen molar-refractivity contribution in [1.29, 1.82) is 0 Å². The monoisotopic (exact) mass is 283 g/mol. The lowest BCUT2D eigenvalue weighted by Gasteiger charge is -2.18. The molecular weight excluding hydrogens is 260 g/mol. The van der Waals surface area contributed by atoms with E-state index in [-0.39, 0.29) is 0 Å². The summed E-state index contributed by atoms with van der Waals surface area (Å²) in [4.78, 5) is 1.31. The maximum Gasteiger partial charge on any atom is 0.0192 e. The molecule has 1 radical (unpaired) electrons. The fourth-order valence-corrected chi connectivity index (χ4v) is 3.33. The Kier molecular flexibility index (Phi) is 5.31. The molecule has 0 amide bonds. The van der Waals surface area contributed by atoms with Gasteiger partial charge < -0.3 is 0 Å². The summed E-state index contributed by atoms with van der Waals surface area (Å²) < 4.78 is 0. The molecule has 0 aromatic heterocycles. The third-order valence-corrected chi connectivity index (χ3v) is 4.37. The molecule has 0 aliphatic carbocycles. The average molecular weight is 283 g/mol. The predicted molar refractivity (Wildman–Crippen MR) is 89.6 cm³/mol. The molecule has 0 saturated heterocycles. The normalized spacial score (nSPS) is 11.3. The Bertz CT molecular complexity index is 541. The third-order valence-electron chi connectivity index (χ3n) is 3.30. The zero-order valence-electron chi connectivity index (χ0n) is 12.8. The van der Waals surface area contributed by atoms with E-state index in [4.69, 9.17) is 0 Å². The first-order valence-corrected chi connectivity index (χ1v) is 8.20. The molecule has 2 aromatic carbocycles. The lowest BCUT2D eigenvalue weighted by atomic mass is 9.93. The van der Waals surface area contributed by atoms with Crippen LogP contribution in [-0.2, 0) is 6.42 Å². The van der Waals surface area contributed by atoms with Gasteiger partial charge in [0, 0.05) is 10.1 Å². The highest BCUT2D eigenvalue weighted by Gasteiger charge is 2.13. The first-order chi connectivity index (χ1) is 9.58. The minimum Gasteiger partial charge on any atom is -0.122 e. The van der Waals surface area contributed by atoms with Gasteiger partial charge in [-0.3, -0.25) is 0 Å². The zero-order valence-corrected chi connectivity index (χ0v) is 13.6. The van der Waals surface area contributed by atoms with Crippen LogP contribution in [0.15, 0.2) is 47.4 Å². The molecule has 0 spiro atoms. The van der Waals surface area contributed by atoms with Gasteiger partial charge >= 0.3 is 0 Å². The van der Waals surface area contributed by atoms with E-state index in [0.29, 0.717) is 11.2 Å². The van der Waals surface area contributed by atoms with Gasteiger partial charge in [-0.05, 0) is 35.1 Å². The highest BCUT2D eigenvalue weighted by Crippen LogP contribution is 2.33. The van der Waals surface area contributed by atoms with Gasteiger partial charge in [0.2, 0.25) is 0 Å². The molecule has 0 fully saturated rings. The summed E-state index contributed by atoms with van der Waals surface area (Å²) in [5, 5.41) is 0.586. The summed E-state index contributed by atoms with van der Waals surface area (Å²) in [6.07, 6.45) is 1.00. The van der Waals surface area contributed by atoms with Crippen LogP contribution in [0.4, 0.5) is 0 Å². The SMILES string of the molecule is CC(C)Sc1[c]ccc(C(C)C)c1Cc1ccccc1. The van der Waals surface area contributed by atoms with Crippen LogP contribution in [0.2, 0.25) is 0 Å². The van der Waals surface area contributed by atoms with E-state index >= 15 is 0 Å². The van der Waals surface area contributed by atoms with Crippen LogP contribution in [-0.4, -0.2) is 5.25 Å². The Morgan fingerprint density at radius 3 is 2.30 bits per heavy atom. The van der Waals surface area contributed by atoms with Gasteiger partial charge in [0.05, 0.1) is 0 Å². The van der Waals surface area contributed by atoms with Crippen molar-refractivity contribution >= 4 is 11.8 Å². The van der Waals surface area contributed by atoms with Gasteiger partial charge in [0.15, 0.2) is 0 Å². The summed E-state index contributed by atoms with van der Waals surface area (Å²) in [6.45, 7) is 9.03. The van der Waals surface area contributed by atoms with Crippen molar-refractivity contribution in [2.75, 3.05) is 0 Å². The largest absolute Gasteiger partial charge is 0.122 e. The van der Waals surface area contributed by atoms with Crippen molar-refractivity contribution in [2.24, 2.45) is 0 Å². The Morgan fingerprint density at radius 1 is 1.00 bits per heavy atom. The molecule has 0 saturated carbocycles. The molecule has 0 heterocycles. The molecule has 20 heavy (non-hydrogen) atoms. The quantitative estimate of drug-likeness (QED) is 0.634. The van der Waals surface area contributed by atoms with E-state index < -0.39 is 0 Å². The van der Waals surface area contributed by atoms with Crippen LogP contribution >= 0.6 is 11.8 Å². The van der Waals surface area contributed by atoms with Crippen molar-refractivity contribution in [1.82, 2.24) is 0 Å². The van der Waals surface area contributed by atoms with Crippen molar-refractivity contribution in [3.8, 4) is 0 Å². The molecule has 0 atom stereocenters. The fourth-order valence-electron chi connectivity index (χ4n) is 2.39. The summed E-state index contributed by atoms with van der Waals surface area (Å²) in [5.41, 5.74) is 4.28. The van der Waals surface area contributed by atoms with Crippen LogP contribution in [0.5, 0.6) is 0 Å². The molecule has 0 nitrogen and oxygen atoms in total. The lowest BCUT2D eigenvalue weighted by Crippen LogP contribution is -2.01. The molecule has 105 valence electrons. The molecule has 0 bridgehead atoms. The van der Waals surface area contributed by atoms with Gasteiger partial charge in [-0.1, -0.05) is 70.2 Å². The van der Waals surface area contributed by atoms with Crippen LogP contribution in [0.3, 0.4) is 0 Å². The van der Waals surface area contributed by atoms with Gasteiger partial charge in [0.25, 0.3) is 0 Å². The summed E-state index contributed by atoms with van der Waals surface area (Å²) in [6, 6.07) is 18.5. The Balaban J connectivity index is 2.41. The molecule has 0 aliphatic rings. The molecule has 2 aromatic rings. The Hall–Kier alpha value is -1.21. The predicted octanol–water partition coefficient (Wildman–Crippen LogP) is 5.70. The van der Waals surface area contributed by atoms with E-state index in [2.05, 4.69) is 76.2 Å². The fraction of sp³-hybridized carbons (Fsp3) is 0.368. The van der Waals surface area contributed by atoms with Crippen LogP contribution in [0.25, 0.3) is 0 Å². The number of benzene rings is 2. The zero-order chi connectivity index (χ0) is 14.5. The van der Waals surface area contributed by atoms with E-state index in [9.17, 15) is 0 Å². The first kappa shape index (κ1) is 15.2. The van der Waals surface area contributed by atoms with Crippen molar-refractivity contribution < 1.29 is 0 Å². The molecule has 0 N–H and O–H groups in total. The van der Waals surface area contributed by atoms with E-state index in [1.165, 1.54) is 21.6 Å². The molecule has 0 aliphatic heterocycles. The highest BCUT2D eigenvalue weighted by molar-refractivity contribution is 8.00.